The van der Waals surface area contributed by atoms with Crippen LogP contribution in [-0.4, -0.2) is 13.0 Å². The first kappa shape index (κ1) is 8.11. The molecule has 0 aromatic carbocycles. The van der Waals surface area contributed by atoms with Gasteiger partial charge in [0.25, 0.3) is 0 Å². The van der Waals surface area contributed by atoms with Gasteiger partial charge in [-0.1, -0.05) is 21.6 Å². The topological polar surface area (TPSA) is 12.4 Å². The van der Waals surface area contributed by atoms with E-state index in [-0.39, 0.29) is 0 Å². The molecular weight excluding hydrogens is 138 g/mol. The molecule has 0 atom stereocenters. The van der Waals surface area contributed by atoms with E-state index in [0.717, 1.165) is 0 Å². The Balaban J connectivity index is 3.44. The van der Waals surface area contributed by atoms with Crippen molar-refractivity contribution in [2.75, 3.05) is 6.26 Å². The molecule has 0 aliphatic rings. The van der Waals surface area contributed by atoms with Crippen molar-refractivity contribution in [2.24, 2.45) is 4.99 Å². The molecule has 0 aromatic heterocycles. The summed E-state index contributed by atoms with van der Waals surface area (Å²) in [7, 11) is 3.41. The normalized spacial score (nSPS) is 11.5. The van der Waals surface area contributed by atoms with E-state index in [1.165, 1.54) is 4.91 Å². The third-order valence-electron chi connectivity index (χ3n) is 0.488. The van der Waals surface area contributed by atoms with Crippen LogP contribution >= 0.6 is 21.6 Å². The first-order chi connectivity index (χ1) is 3.81. The molecule has 0 rings (SSSR count). The molecule has 0 spiro atoms. The molecule has 0 aliphatic heterocycles. The Labute approximate surface area is 58.1 Å². The van der Waals surface area contributed by atoms with Crippen LogP contribution in [0.25, 0.3) is 0 Å². The second-order valence-electron chi connectivity index (χ2n) is 1.17. The monoisotopic (exact) mass is 147 g/mol. The largest absolute Gasteiger partial charge is 0.272 e. The van der Waals surface area contributed by atoms with Gasteiger partial charge < -0.3 is 0 Å². The lowest BCUT2D eigenvalue weighted by Gasteiger charge is -1.89. The van der Waals surface area contributed by atoms with Crippen LogP contribution in [0, 0.1) is 0 Å². The molecule has 0 heterocycles. The molecule has 46 valence electrons. The van der Waals surface area contributed by atoms with Crippen LogP contribution in [-0.2, 0) is 0 Å². The second kappa shape index (κ2) is 5.25. The van der Waals surface area contributed by atoms with Crippen LogP contribution in [0.5, 0.6) is 0 Å². The highest BCUT2D eigenvalue weighted by molar-refractivity contribution is 8.77. The summed E-state index contributed by atoms with van der Waals surface area (Å²) in [6.45, 7) is 5.34. The Bertz CT molecular complexity index is 98.6. The van der Waals surface area contributed by atoms with Crippen molar-refractivity contribution in [3.8, 4) is 0 Å². The summed E-state index contributed by atoms with van der Waals surface area (Å²) >= 11 is 0. The van der Waals surface area contributed by atoms with Crippen molar-refractivity contribution in [1.29, 1.82) is 0 Å². The summed E-state index contributed by atoms with van der Waals surface area (Å²) in [5.41, 5.74) is 0. The predicted octanol–water partition coefficient (Wildman–Crippen LogP) is 2.56. The van der Waals surface area contributed by atoms with E-state index in [1.54, 1.807) is 27.8 Å². The molecule has 0 amide bonds. The molecule has 8 heavy (non-hydrogen) atoms. The molecule has 0 fully saturated rings. The first-order valence-electron chi connectivity index (χ1n) is 2.14. The zero-order valence-electron chi connectivity index (χ0n) is 5.05. The minimum Gasteiger partial charge on any atom is -0.272 e. The van der Waals surface area contributed by atoms with Gasteiger partial charge in [-0.2, -0.15) is 0 Å². The van der Waals surface area contributed by atoms with Gasteiger partial charge in [-0.05, 0) is 19.9 Å². The van der Waals surface area contributed by atoms with Crippen molar-refractivity contribution in [3.63, 3.8) is 0 Å². The van der Waals surface area contributed by atoms with Gasteiger partial charge in [0.05, 0.1) is 0 Å². The number of nitrogens with zero attached hydrogens (tertiary/aromatic N) is 1. The summed E-state index contributed by atoms with van der Waals surface area (Å²) in [5.74, 6) is 0. The van der Waals surface area contributed by atoms with Gasteiger partial charge in [0.15, 0.2) is 0 Å². The average Bonchev–Trinajstić information content (AvgIpc) is 1.68. The minimum atomic E-state index is 1.19. The van der Waals surface area contributed by atoms with Gasteiger partial charge in [0.2, 0.25) is 0 Å². The van der Waals surface area contributed by atoms with E-state index in [0.29, 0.717) is 0 Å². The highest BCUT2D eigenvalue weighted by Crippen LogP contribution is 2.25. The van der Waals surface area contributed by atoms with Crippen molar-refractivity contribution in [3.05, 3.63) is 11.1 Å². The van der Waals surface area contributed by atoms with E-state index >= 15 is 0 Å². The van der Waals surface area contributed by atoms with Crippen LogP contribution in [0.2, 0.25) is 0 Å². The molecule has 0 saturated carbocycles. The summed E-state index contributed by atoms with van der Waals surface area (Å²) in [4.78, 5) is 4.80. The molecule has 0 unspecified atom stereocenters. The van der Waals surface area contributed by atoms with Crippen LogP contribution < -0.4 is 0 Å². The van der Waals surface area contributed by atoms with Crippen LogP contribution in [0.4, 0.5) is 0 Å². The fourth-order valence-electron chi connectivity index (χ4n) is 0.282. The standard InChI is InChI=1S/C5H9NS2/c1-5(4-6-2)8-7-3/h4H,2H2,1,3H3. The highest BCUT2D eigenvalue weighted by Gasteiger charge is 1.83. The number of allylic oxidation sites excluding steroid dienone is 1. The molecule has 0 radical (unpaired) electrons. The van der Waals surface area contributed by atoms with Crippen LogP contribution in [0.15, 0.2) is 16.1 Å². The molecule has 0 bridgehead atoms. The SMILES string of the molecule is C=NC=C(C)SSC. The second-order valence-corrected chi connectivity index (χ2v) is 3.82. The number of hydrogen-bond donors (Lipinski definition) is 0. The fraction of sp³-hybridized carbons (Fsp3) is 0.400. The molecule has 0 aromatic rings. The van der Waals surface area contributed by atoms with E-state index in [1.807, 2.05) is 13.2 Å². The summed E-state index contributed by atoms with van der Waals surface area (Å²) in [5, 5.41) is 0. The Morgan fingerprint density at radius 2 is 2.38 bits per heavy atom. The summed E-state index contributed by atoms with van der Waals surface area (Å²) < 4.78 is 0. The minimum absolute atomic E-state index is 1.19. The smallest absolute Gasteiger partial charge is 0.0361 e. The zero-order chi connectivity index (χ0) is 6.41. The third kappa shape index (κ3) is 4.27. The Morgan fingerprint density at radius 3 is 2.75 bits per heavy atom. The predicted molar refractivity (Wildman–Crippen MR) is 44.4 cm³/mol. The fourth-order valence-corrected chi connectivity index (χ4v) is 1.58. The van der Waals surface area contributed by atoms with Gasteiger partial charge in [-0.25, -0.2) is 0 Å². The molecule has 0 saturated heterocycles. The summed E-state index contributed by atoms with van der Waals surface area (Å²) in [6.07, 6.45) is 3.78. The van der Waals surface area contributed by atoms with Crippen molar-refractivity contribution < 1.29 is 0 Å². The lowest BCUT2D eigenvalue weighted by molar-refractivity contribution is 1.53. The van der Waals surface area contributed by atoms with Gasteiger partial charge in [0.1, 0.15) is 0 Å². The Kier molecular flexibility index (Phi) is 5.32. The molecular formula is C5H9NS2. The van der Waals surface area contributed by atoms with Gasteiger partial charge >= 0.3 is 0 Å². The number of hydrogen-bond acceptors (Lipinski definition) is 3. The maximum absolute atomic E-state index is 3.61. The average molecular weight is 147 g/mol. The van der Waals surface area contributed by atoms with E-state index in [2.05, 4.69) is 11.7 Å². The quantitative estimate of drug-likeness (QED) is 0.449. The van der Waals surface area contributed by atoms with Gasteiger partial charge in [-0.15, -0.1) is 0 Å². The van der Waals surface area contributed by atoms with E-state index in [9.17, 15) is 0 Å². The van der Waals surface area contributed by atoms with Crippen LogP contribution in [0.3, 0.4) is 0 Å². The molecule has 3 heteroatoms. The number of aliphatic imine (C=N–C) groups is 1. The summed E-state index contributed by atoms with van der Waals surface area (Å²) in [6, 6.07) is 0. The zero-order valence-corrected chi connectivity index (χ0v) is 6.68. The van der Waals surface area contributed by atoms with Gasteiger partial charge in [-0.3, -0.25) is 4.99 Å². The van der Waals surface area contributed by atoms with Crippen LogP contribution in [0.1, 0.15) is 6.92 Å². The van der Waals surface area contributed by atoms with Gasteiger partial charge in [0, 0.05) is 11.1 Å². The molecule has 1 nitrogen and oxygen atoms in total. The van der Waals surface area contributed by atoms with E-state index in [4.69, 9.17) is 0 Å². The molecule has 0 N–H and O–H groups in total. The maximum Gasteiger partial charge on any atom is 0.0361 e. The molecule has 0 aliphatic carbocycles. The number of rotatable bonds is 3. The lowest BCUT2D eigenvalue weighted by atomic mass is 10.7. The maximum atomic E-state index is 3.61. The third-order valence-corrected chi connectivity index (χ3v) is 2.31. The lowest BCUT2D eigenvalue weighted by Crippen LogP contribution is -1.57. The van der Waals surface area contributed by atoms with Crippen molar-refractivity contribution in [1.82, 2.24) is 0 Å². The van der Waals surface area contributed by atoms with E-state index < -0.39 is 0 Å². The highest BCUT2D eigenvalue weighted by atomic mass is 33.1. The Hall–Kier alpha value is 0.110. The Morgan fingerprint density at radius 1 is 1.75 bits per heavy atom. The first-order valence-corrected chi connectivity index (χ1v) is 4.70. The van der Waals surface area contributed by atoms with Crippen molar-refractivity contribution in [2.45, 2.75) is 6.92 Å². The van der Waals surface area contributed by atoms with Crippen molar-refractivity contribution >= 4 is 28.3 Å².